The Morgan fingerprint density at radius 2 is 1.77 bits per heavy atom. The lowest BCUT2D eigenvalue weighted by molar-refractivity contribution is 0.102. The standard InChI is InChI=1S/C23H19N3O4S/c1-30-21-13-12-17(23(27)25-18-9-3-2-4-10-18)15-20(21)26(31(28)29)19-11-5-7-16-8-6-14-24-22(16)19/h2-15H,1H3,(H,25,27)(H,28,29)/p-1. The van der Waals surface area contributed by atoms with E-state index >= 15 is 0 Å². The van der Waals surface area contributed by atoms with Crippen LogP contribution in [0.5, 0.6) is 5.75 Å². The first-order valence-electron chi connectivity index (χ1n) is 9.36. The number of hydrogen-bond acceptors (Lipinski definition) is 5. The predicted octanol–water partition coefficient (Wildman–Crippen LogP) is 4.43. The average molecular weight is 432 g/mol. The van der Waals surface area contributed by atoms with E-state index in [4.69, 9.17) is 4.74 Å². The van der Waals surface area contributed by atoms with Gasteiger partial charge in [0.15, 0.2) is 0 Å². The minimum absolute atomic E-state index is 0.203. The second-order valence-electron chi connectivity index (χ2n) is 6.57. The smallest absolute Gasteiger partial charge is 0.255 e. The molecule has 1 amide bonds. The molecule has 0 aliphatic carbocycles. The van der Waals surface area contributed by atoms with Crippen molar-refractivity contribution in [1.29, 1.82) is 0 Å². The average Bonchev–Trinajstić information content (AvgIpc) is 2.80. The molecule has 8 heteroatoms. The van der Waals surface area contributed by atoms with Gasteiger partial charge >= 0.3 is 0 Å². The maximum atomic E-state index is 12.8. The number of methoxy groups -OCH3 is 1. The first-order chi connectivity index (χ1) is 15.1. The van der Waals surface area contributed by atoms with Gasteiger partial charge in [0.05, 0.1) is 35.3 Å². The van der Waals surface area contributed by atoms with Gasteiger partial charge in [-0.1, -0.05) is 36.4 Å². The number of pyridine rings is 1. The van der Waals surface area contributed by atoms with E-state index in [2.05, 4.69) is 10.3 Å². The molecule has 4 rings (SSSR count). The van der Waals surface area contributed by atoms with E-state index in [1.807, 2.05) is 30.3 Å². The summed E-state index contributed by atoms with van der Waals surface area (Å²) in [5.41, 5.74) is 1.98. The summed E-state index contributed by atoms with van der Waals surface area (Å²) >= 11 is -2.70. The number of hydrogen-bond donors (Lipinski definition) is 1. The van der Waals surface area contributed by atoms with Gasteiger partial charge in [0.25, 0.3) is 5.91 Å². The molecule has 1 unspecified atom stereocenters. The van der Waals surface area contributed by atoms with Crippen LogP contribution in [-0.4, -0.2) is 26.8 Å². The van der Waals surface area contributed by atoms with Crippen molar-refractivity contribution in [2.24, 2.45) is 0 Å². The highest BCUT2D eigenvalue weighted by Crippen LogP contribution is 2.38. The van der Waals surface area contributed by atoms with Crippen LogP contribution in [0.4, 0.5) is 17.1 Å². The number of nitrogens with zero attached hydrogens (tertiary/aromatic N) is 2. The first kappa shape index (κ1) is 20.5. The number of amides is 1. The van der Waals surface area contributed by atoms with Crippen molar-refractivity contribution in [2.75, 3.05) is 16.7 Å². The lowest BCUT2D eigenvalue weighted by Crippen LogP contribution is -2.21. The van der Waals surface area contributed by atoms with Crippen LogP contribution in [0.25, 0.3) is 10.9 Å². The van der Waals surface area contributed by atoms with Gasteiger partial charge in [-0.05, 0) is 42.5 Å². The molecule has 0 spiro atoms. The zero-order valence-corrected chi connectivity index (χ0v) is 17.3. The molecular formula is C23H18N3O4S-. The Balaban J connectivity index is 1.81. The summed E-state index contributed by atoms with van der Waals surface area (Å²) in [6.45, 7) is 0. The van der Waals surface area contributed by atoms with Gasteiger partial charge in [0.2, 0.25) is 0 Å². The van der Waals surface area contributed by atoms with Gasteiger partial charge in [-0.2, -0.15) is 0 Å². The van der Waals surface area contributed by atoms with Gasteiger partial charge < -0.3 is 14.6 Å². The molecule has 0 saturated carbocycles. The van der Waals surface area contributed by atoms with Crippen molar-refractivity contribution < 1.29 is 18.3 Å². The predicted molar refractivity (Wildman–Crippen MR) is 120 cm³/mol. The van der Waals surface area contributed by atoms with Crippen LogP contribution < -0.4 is 14.4 Å². The molecule has 0 aliphatic heterocycles. The quantitative estimate of drug-likeness (QED) is 0.455. The SMILES string of the molecule is COc1ccc(C(=O)Nc2ccccc2)cc1N(c1cccc2cccnc12)S(=O)[O-]. The maximum Gasteiger partial charge on any atom is 0.255 e. The number of carbonyl (C=O) groups excluding carboxylic acids is 1. The van der Waals surface area contributed by atoms with Crippen LogP contribution in [0.2, 0.25) is 0 Å². The molecular weight excluding hydrogens is 414 g/mol. The fourth-order valence-corrected chi connectivity index (χ4v) is 3.87. The molecule has 0 bridgehead atoms. The topological polar surface area (TPSA) is 94.6 Å². The summed E-state index contributed by atoms with van der Waals surface area (Å²) in [5, 5.41) is 3.58. The molecule has 1 aromatic heterocycles. The summed E-state index contributed by atoms with van der Waals surface area (Å²) in [6.07, 6.45) is 1.60. The van der Waals surface area contributed by atoms with E-state index < -0.39 is 11.3 Å². The van der Waals surface area contributed by atoms with Gasteiger partial charge in [-0.15, -0.1) is 0 Å². The molecule has 1 atom stereocenters. The molecule has 4 aromatic rings. The Hall–Kier alpha value is -3.75. The van der Waals surface area contributed by atoms with Crippen molar-refractivity contribution in [3.63, 3.8) is 0 Å². The fraction of sp³-hybridized carbons (Fsp3) is 0.0435. The summed E-state index contributed by atoms with van der Waals surface area (Å²) in [6, 6.07) is 22.5. The summed E-state index contributed by atoms with van der Waals surface area (Å²) < 4.78 is 31.1. The number of aromatic nitrogens is 1. The molecule has 0 radical (unpaired) electrons. The number of nitrogens with one attached hydrogen (secondary N) is 1. The summed E-state index contributed by atoms with van der Waals surface area (Å²) in [7, 11) is 1.44. The monoisotopic (exact) mass is 432 g/mol. The number of benzene rings is 3. The second kappa shape index (κ2) is 8.95. The lowest BCUT2D eigenvalue weighted by Gasteiger charge is -2.28. The number of ether oxygens (including phenoxy) is 1. The van der Waals surface area contributed by atoms with E-state index in [9.17, 15) is 13.6 Å². The Bertz CT molecular complexity index is 1260. The van der Waals surface area contributed by atoms with E-state index in [0.717, 1.165) is 9.69 Å². The number of anilines is 3. The zero-order chi connectivity index (χ0) is 21.8. The summed E-state index contributed by atoms with van der Waals surface area (Å²) in [4.78, 5) is 17.1. The molecule has 0 saturated heterocycles. The Labute approximate surface area is 181 Å². The molecule has 31 heavy (non-hydrogen) atoms. The highest BCUT2D eigenvalue weighted by molar-refractivity contribution is 7.81. The lowest BCUT2D eigenvalue weighted by atomic mass is 10.1. The third-order valence-corrected chi connectivity index (χ3v) is 5.36. The molecule has 1 heterocycles. The minimum atomic E-state index is -2.70. The van der Waals surface area contributed by atoms with Crippen molar-refractivity contribution in [1.82, 2.24) is 4.98 Å². The third-order valence-electron chi connectivity index (χ3n) is 4.67. The largest absolute Gasteiger partial charge is 0.755 e. The molecule has 156 valence electrons. The van der Waals surface area contributed by atoms with E-state index in [0.29, 0.717) is 22.6 Å². The van der Waals surface area contributed by atoms with Crippen LogP contribution in [0.15, 0.2) is 85.1 Å². The van der Waals surface area contributed by atoms with Gasteiger partial charge in [0, 0.05) is 22.8 Å². The van der Waals surface area contributed by atoms with E-state index in [-0.39, 0.29) is 17.2 Å². The van der Waals surface area contributed by atoms with Crippen LogP contribution >= 0.6 is 0 Å². The van der Waals surface area contributed by atoms with Crippen LogP contribution in [0, 0.1) is 0 Å². The molecule has 3 aromatic carbocycles. The Morgan fingerprint density at radius 3 is 2.52 bits per heavy atom. The van der Waals surface area contributed by atoms with Crippen molar-refractivity contribution in [2.45, 2.75) is 0 Å². The molecule has 7 nitrogen and oxygen atoms in total. The number of para-hydroxylation sites is 2. The summed E-state index contributed by atoms with van der Waals surface area (Å²) in [5.74, 6) is -0.0730. The van der Waals surface area contributed by atoms with Crippen molar-refractivity contribution in [3.8, 4) is 5.75 Å². The van der Waals surface area contributed by atoms with E-state index in [1.165, 1.54) is 13.2 Å². The number of rotatable bonds is 6. The molecule has 0 fully saturated rings. The first-order valence-corrected chi connectivity index (χ1v) is 10.4. The minimum Gasteiger partial charge on any atom is -0.755 e. The van der Waals surface area contributed by atoms with Crippen LogP contribution in [-0.2, 0) is 11.3 Å². The second-order valence-corrected chi connectivity index (χ2v) is 7.37. The number of carbonyl (C=O) groups is 1. The Kier molecular flexibility index (Phi) is 5.92. The third kappa shape index (κ3) is 4.25. The number of fused-ring (bicyclic) bond motifs is 1. The normalized spacial score (nSPS) is 11.7. The van der Waals surface area contributed by atoms with Crippen LogP contribution in [0.1, 0.15) is 10.4 Å². The van der Waals surface area contributed by atoms with Crippen molar-refractivity contribution >= 4 is 45.1 Å². The molecule has 1 N–H and O–H groups in total. The van der Waals surface area contributed by atoms with Crippen LogP contribution in [0.3, 0.4) is 0 Å². The highest BCUT2D eigenvalue weighted by Gasteiger charge is 2.20. The fourth-order valence-electron chi connectivity index (χ4n) is 3.26. The van der Waals surface area contributed by atoms with Gasteiger partial charge in [0.1, 0.15) is 5.75 Å². The Morgan fingerprint density at radius 1 is 1.00 bits per heavy atom. The maximum absolute atomic E-state index is 12.8. The van der Waals surface area contributed by atoms with Gasteiger partial charge in [-0.25, -0.2) is 0 Å². The molecule has 0 aliphatic rings. The zero-order valence-electron chi connectivity index (χ0n) is 16.5. The van der Waals surface area contributed by atoms with Crippen molar-refractivity contribution in [3.05, 3.63) is 90.6 Å². The van der Waals surface area contributed by atoms with Gasteiger partial charge in [-0.3, -0.25) is 18.3 Å². The van der Waals surface area contributed by atoms with E-state index in [1.54, 1.807) is 48.7 Å². The highest BCUT2D eigenvalue weighted by atomic mass is 32.2.